The molecule has 0 bridgehead atoms. The van der Waals surface area contributed by atoms with E-state index in [0.717, 1.165) is 5.57 Å². The Morgan fingerprint density at radius 3 is 2.40 bits per heavy atom. The number of allylic oxidation sites excluding steroid dienone is 1. The highest BCUT2D eigenvalue weighted by Gasteiger charge is 1.79. The van der Waals surface area contributed by atoms with Crippen LogP contribution in [0.1, 0.15) is 12.5 Å². The monoisotopic (exact) mass is 131 g/mol. The third kappa shape index (κ3) is 1.98. The van der Waals surface area contributed by atoms with Gasteiger partial charge in [-0.1, -0.05) is 13.0 Å². The van der Waals surface area contributed by atoms with Crippen molar-refractivity contribution < 1.29 is 0 Å². The van der Waals surface area contributed by atoms with Crippen LogP contribution in [0.2, 0.25) is 0 Å². The largest absolute Gasteiger partial charge is 0.167 e. The molecule has 0 fully saturated rings. The summed E-state index contributed by atoms with van der Waals surface area (Å²) in [5, 5.41) is 0. The Bertz CT molecular complexity index is 209. The molecule has 0 atom stereocenters. The van der Waals surface area contributed by atoms with Crippen LogP contribution in [0.4, 0.5) is 0 Å². The first-order valence-electron chi connectivity index (χ1n) is 3.34. The fourth-order valence-corrected chi connectivity index (χ4v) is 0.834. The zero-order valence-electron chi connectivity index (χ0n) is 6.17. The van der Waals surface area contributed by atoms with Crippen LogP contribution in [0.15, 0.2) is 42.5 Å². The molecule has 0 heterocycles. The summed E-state index contributed by atoms with van der Waals surface area (Å²) in [5.41, 5.74) is 2.31. The van der Waals surface area contributed by atoms with Gasteiger partial charge in [0.1, 0.15) is 0 Å². The van der Waals surface area contributed by atoms with Gasteiger partial charge in [0.2, 0.25) is 0 Å². The molecular weight excluding hydrogens is 120 g/mol. The molecule has 0 saturated carbocycles. The Kier molecular flexibility index (Phi) is 2.16. The van der Waals surface area contributed by atoms with Gasteiger partial charge >= 0.3 is 0 Å². The summed E-state index contributed by atoms with van der Waals surface area (Å²) in [6.45, 7) is 5.79. The molecule has 1 rings (SSSR count). The molecule has 0 spiro atoms. The number of rotatable bonds is 2. The van der Waals surface area contributed by atoms with Crippen molar-refractivity contribution in [3.63, 3.8) is 0 Å². The van der Waals surface area contributed by atoms with Crippen molar-refractivity contribution in [3.05, 3.63) is 54.5 Å². The van der Waals surface area contributed by atoms with Gasteiger partial charge in [0.05, 0.1) is 0 Å². The van der Waals surface area contributed by atoms with Gasteiger partial charge in [0.15, 0.2) is 0 Å². The minimum absolute atomic E-state index is 1.09. The molecule has 10 heavy (non-hydrogen) atoms. The Hall–Kier alpha value is -1.17. The quantitative estimate of drug-likeness (QED) is 0.541. The van der Waals surface area contributed by atoms with Crippen LogP contribution in [0.3, 0.4) is 0 Å². The highest BCUT2D eigenvalue weighted by atomic mass is 13.9. The summed E-state index contributed by atoms with van der Waals surface area (Å²) in [6.07, 6.45) is 2.06. The predicted molar refractivity (Wildman–Crippen MR) is 44.7 cm³/mol. The molecule has 52 valence electrons. The molecule has 0 heteroatoms. The summed E-state index contributed by atoms with van der Waals surface area (Å²) in [7, 11) is 0. The van der Waals surface area contributed by atoms with Gasteiger partial charge in [-0.2, -0.15) is 6.58 Å². The zero-order chi connectivity index (χ0) is 7.40. The SMILES string of the molecule is C=C(C)[CH-]c1ccccc1. The van der Waals surface area contributed by atoms with Crippen LogP contribution in [-0.4, -0.2) is 0 Å². The van der Waals surface area contributed by atoms with Crippen LogP contribution in [0.5, 0.6) is 0 Å². The molecule has 0 aliphatic rings. The van der Waals surface area contributed by atoms with E-state index >= 15 is 0 Å². The molecule has 0 nitrogen and oxygen atoms in total. The fourth-order valence-electron chi connectivity index (χ4n) is 0.834. The van der Waals surface area contributed by atoms with Gasteiger partial charge in [-0.3, -0.25) is 0 Å². The molecule has 0 N–H and O–H groups in total. The topological polar surface area (TPSA) is 0 Å². The van der Waals surface area contributed by atoms with Crippen molar-refractivity contribution in [2.75, 3.05) is 0 Å². The lowest BCUT2D eigenvalue weighted by Crippen LogP contribution is -1.79. The van der Waals surface area contributed by atoms with Crippen LogP contribution in [0.25, 0.3) is 0 Å². The molecule has 1 aromatic rings. The Labute approximate surface area is 62.2 Å². The first-order valence-corrected chi connectivity index (χ1v) is 3.34. The summed E-state index contributed by atoms with van der Waals surface area (Å²) in [6, 6.07) is 10.2. The van der Waals surface area contributed by atoms with E-state index < -0.39 is 0 Å². The third-order valence-corrected chi connectivity index (χ3v) is 1.21. The summed E-state index contributed by atoms with van der Waals surface area (Å²) in [4.78, 5) is 0. The van der Waals surface area contributed by atoms with Crippen molar-refractivity contribution in [1.82, 2.24) is 0 Å². The van der Waals surface area contributed by atoms with Gasteiger partial charge in [0, 0.05) is 0 Å². The van der Waals surface area contributed by atoms with E-state index in [2.05, 4.69) is 25.1 Å². The molecule has 0 saturated heterocycles. The third-order valence-electron chi connectivity index (χ3n) is 1.21. The van der Waals surface area contributed by atoms with Gasteiger partial charge in [-0.05, 0) is 0 Å². The molecule has 0 unspecified atom stereocenters. The second-order valence-electron chi connectivity index (χ2n) is 2.40. The van der Waals surface area contributed by atoms with Crippen molar-refractivity contribution in [1.29, 1.82) is 0 Å². The number of benzene rings is 1. The molecular formula is C10H11-. The van der Waals surface area contributed by atoms with E-state index in [0.29, 0.717) is 0 Å². The Balaban J connectivity index is 2.67. The zero-order valence-corrected chi connectivity index (χ0v) is 6.17. The minimum atomic E-state index is 1.09. The first kappa shape index (κ1) is 6.94. The van der Waals surface area contributed by atoms with Crippen molar-refractivity contribution >= 4 is 0 Å². The van der Waals surface area contributed by atoms with Gasteiger partial charge in [-0.15, -0.1) is 41.8 Å². The van der Waals surface area contributed by atoms with E-state index in [9.17, 15) is 0 Å². The summed E-state index contributed by atoms with van der Waals surface area (Å²) >= 11 is 0. The second-order valence-corrected chi connectivity index (χ2v) is 2.40. The molecule has 0 amide bonds. The minimum Gasteiger partial charge on any atom is -0.167 e. The lowest BCUT2D eigenvalue weighted by molar-refractivity contribution is 1.39. The first-order chi connectivity index (χ1) is 4.79. The van der Waals surface area contributed by atoms with Crippen molar-refractivity contribution in [3.8, 4) is 0 Å². The van der Waals surface area contributed by atoms with E-state index in [-0.39, 0.29) is 0 Å². The van der Waals surface area contributed by atoms with Crippen LogP contribution >= 0.6 is 0 Å². The summed E-state index contributed by atoms with van der Waals surface area (Å²) in [5.74, 6) is 0. The molecule has 0 aliphatic carbocycles. The smallest absolute Gasteiger partial charge is 0.0577 e. The number of hydrogen-bond donors (Lipinski definition) is 0. The van der Waals surface area contributed by atoms with Gasteiger partial charge in [0.25, 0.3) is 0 Å². The Morgan fingerprint density at radius 1 is 1.30 bits per heavy atom. The molecule has 0 aliphatic heterocycles. The van der Waals surface area contributed by atoms with E-state index in [4.69, 9.17) is 0 Å². The van der Waals surface area contributed by atoms with Crippen molar-refractivity contribution in [2.45, 2.75) is 6.92 Å². The lowest BCUT2D eigenvalue weighted by Gasteiger charge is -2.06. The maximum Gasteiger partial charge on any atom is -0.0577 e. The highest BCUT2D eigenvalue weighted by molar-refractivity contribution is 5.30. The predicted octanol–water partition coefficient (Wildman–Crippen LogP) is 2.82. The van der Waals surface area contributed by atoms with Crippen LogP contribution in [-0.2, 0) is 0 Å². The average Bonchev–Trinajstić information content (AvgIpc) is 1.88. The van der Waals surface area contributed by atoms with Crippen LogP contribution in [0, 0.1) is 6.42 Å². The molecule has 0 aromatic heterocycles. The highest BCUT2D eigenvalue weighted by Crippen LogP contribution is 2.06. The maximum absolute atomic E-state index is 3.79. The second kappa shape index (κ2) is 3.11. The van der Waals surface area contributed by atoms with E-state index in [1.54, 1.807) is 0 Å². The van der Waals surface area contributed by atoms with Crippen molar-refractivity contribution in [2.24, 2.45) is 0 Å². The molecule has 0 radical (unpaired) electrons. The normalized spacial score (nSPS) is 8.90. The fraction of sp³-hybridized carbons (Fsp3) is 0.100. The Morgan fingerprint density at radius 2 is 1.90 bits per heavy atom. The van der Waals surface area contributed by atoms with E-state index in [1.165, 1.54) is 5.56 Å². The standard InChI is InChI=1S/C10H11/c1-9(2)8-10-6-4-3-5-7-10/h3-8H,1H2,2H3/q-1. The number of hydrogen-bond acceptors (Lipinski definition) is 0. The summed E-state index contributed by atoms with van der Waals surface area (Å²) < 4.78 is 0. The molecule has 1 aromatic carbocycles. The average molecular weight is 131 g/mol. The van der Waals surface area contributed by atoms with E-state index in [1.807, 2.05) is 25.1 Å². The van der Waals surface area contributed by atoms with Crippen LogP contribution < -0.4 is 0 Å². The lowest BCUT2D eigenvalue weighted by atomic mass is 10.1. The van der Waals surface area contributed by atoms with Gasteiger partial charge < -0.3 is 0 Å². The van der Waals surface area contributed by atoms with Gasteiger partial charge in [-0.25, -0.2) is 0 Å². The maximum atomic E-state index is 3.79.